The highest BCUT2D eigenvalue weighted by Gasteiger charge is 2.48. The molecule has 10 nitrogen and oxygen atoms in total. The van der Waals surface area contributed by atoms with Gasteiger partial charge in [0.2, 0.25) is 0 Å². The Kier molecular flexibility index (Phi) is 6.32. The van der Waals surface area contributed by atoms with Crippen LogP contribution in [0, 0.1) is 0 Å². The van der Waals surface area contributed by atoms with E-state index in [0.29, 0.717) is 19.4 Å². The molecule has 0 unspecified atom stereocenters. The summed E-state index contributed by atoms with van der Waals surface area (Å²) in [5.74, 6) is -0.431. The number of hydroxylamine groups is 3. The van der Waals surface area contributed by atoms with Gasteiger partial charge in [0.1, 0.15) is 12.6 Å². The zero-order valence-electron chi connectivity index (χ0n) is 15.5. The van der Waals surface area contributed by atoms with Gasteiger partial charge >= 0.3 is 12.1 Å². The number of nitrogens with one attached hydrogen (secondary N) is 2. The first kappa shape index (κ1) is 19.9. The molecular formula is C18H24N4O6. The fourth-order valence-electron chi connectivity index (χ4n) is 3.35. The first-order valence-electron chi connectivity index (χ1n) is 9.13. The Morgan fingerprint density at radius 3 is 2.75 bits per heavy atom. The summed E-state index contributed by atoms with van der Waals surface area (Å²) in [7, 11) is 0. The van der Waals surface area contributed by atoms with Crippen LogP contribution >= 0.6 is 0 Å². The smallest absolute Gasteiger partial charge is 0.404 e. The van der Waals surface area contributed by atoms with E-state index in [9.17, 15) is 14.4 Å². The molecule has 2 fully saturated rings. The van der Waals surface area contributed by atoms with Crippen molar-refractivity contribution in [3.63, 3.8) is 0 Å². The number of nitrogens with zero attached hydrogens (tertiary/aromatic N) is 2. The van der Waals surface area contributed by atoms with Gasteiger partial charge in [-0.1, -0.05) is 30.3 Å². The van der Waals surface area contributed by atoms with Crippen LogP contribution in [0.3, 0.4) is 0 Å². The van der Waals surface area contributed by atoms with Crippen LogP contribution in [0.4, 0.5) is 9.59 Å². The number of urea groups is 1. The van der Waals surface area contributed by atoms with Crippen LogP contribution in [0.5, 0.6) is 0 Å². The van der Waals surface area contributed by atoms with E-state index in [1.165, 1.54) is 9.96 Å². The number of hydrogen-bond donors (Lipinski definition) is 3. The summed E-state index contributed by atoms with van der Waals surface area (Å²) in [5.41, 5.74) is 3.26. The number of benzene rings is 1. The van der Waals surface area contributed by atoms with Gasteiger partial charge < -0.3 is 15.3 Å². The summed E-state index contributed by atoms with van der Waals surface area (Å²) in [6.45, 7) is 2.29. The molecule has 2 aliphatic heterocycles. The van der Waals surface area contributed by atoms with Crippen LogP contribution in [0.1, 0.15) is 25.3 Å². The molecular weight excluding hydrogens is 368 g/mol. The minimum Gasteiger partial charge on any atom is -0.465 e. The SMILES string of the molecule is C[C@@H](CONC(=O)[C@@H]1CC[C@@H]2CN1C(=O)N2OCc1ccccc1)NC(=O)O. The maximum Gasteiger partial charge on any atom is 0.404 e. The van der Waals surface area contributed by atoms with Gasteiger partial charge in [0.25, 0.3) is 5.91 Å². The number of hydrogen-bond acceptors (Lipinski definition) is 5. The Hall–Kier alpha value is -2.85. The van der Waals surface area contributed by atoms with E-state index < -0.39 is 24.1 Å². The van der Waals surface area contributed by atoms with Crippen molar-refractivity contribution in [2.24, 2.45) is 0 Å². The normalized spacial score (nSPS) is 22.1. The highest BCUT2D eigenvalue weighted by molar-refractivity contribution is 5.88. The predicted octanol–water partition coefficient (Wildman–Crippen LogP) is 1.09. The molecule has 1 aromatic rings. The number of carbonyl (C=O) groups excluding carboxylic acids is 2. The van der Waals surface area contributed by atoms with Crippen LogP contribution in [0.2, 0.25) is 0 Å². The zero-order valence-corrected chi connectivity index (χ0v) is 15.5. The van der Waals surface area contributed by atoms with Crippen LogP contribution in [0.25, 0.3) is 0 Å². The van der Waals surface area contributed by atoms with Crippen molar-refractivity contribution < 1.29 is 29.2 Å². The highest BCUT2D eigenvalue weighted by atomic mass is 16.7. The minimum atomic E-state index is -1.17. The summed E-state index contributed by atoms with van der Waals surface area (Å²) >= 11 is 0. The van der Waals surface area contributed by atoms with Crippen LogP contribution < -0.4 is 10.8 Å². The second kappa shape index (κ2) is 8.89. The molecule has 2 heterocycles. The quantitative estimate of drug-likeness (QED) is 0.570. The monoisotopic (exact) mass is 392 g/mol. The Bertz CT molecular complexity index is 715. The fraction of sp³-hybridized carbons (Fsp3) is 0.500. The summed E-state index contributed by atoms with van der Waals surface area (Å²) in [6.07, 6.45) is -0.0229. The summed E-state index contributed by atoms with van der Waals surface area (Å²) in [6, 6.07) is 8.01. The Labute approximate surface area is 162 Å². The molecule has 28 heavy (non-hydrogen) atoms. The summed E-state index contributed by atoms with van der Waals surface area (Å²) < 4.78 is 0. The van der Waals surface area contributed by atoms with Crippen molar-refractivity contribution in [2.45, 2.75) is 44.5 Å². The first-order chi connectivity index (χ1) is 13.5. The van der Waals surface area contributed by atoms with E-state index in [1.54, 1.807) is 6.92 Å². The number of fused-ring (bicyclic) bond motifs is 2. The van der Waals surface area contributed by atoms with Gasteiger partial charge in [-0.3, -0.25) is 14.5 Å². The van der Waals surface area contributed by atoms with E-state index in [2.05, 4.69) is 10.8 Å². The van der Waals surface area contributed by atoms with Gasteiger partial charge in [0.15, 0.2) is 0 Å². The number of amides is 4. The maximum absolute atomic E-state index is 12.7. The van der Waals surface area contributed by atoms with E-state index in [-0.39, 0.29) is 25.3 Å². The largest absolute Gasteiger partial charge is 0.465 e. The molecule has 0 spiro atoms. The molecule has 1 aromatic carbocycles. The van der Waals surface area contributed by atoms with Crippen LogP contribution in [-0.2, 0) is 21.1 Å². The standard InChI is InChI=1S/C18H24N4O6/c1-12(19-17(24)25)10-27-20-16(23)15-8-7-14-9-21(15)18(26)22(14)28-11-13-5-3-2-4-6-13/h2-6,12,14-15,19H,7-11H2,1H3,(H,20,23)(H,24,25)/t12-,14+,15-/m0/s1. The third kappa shape index (κ3) is 4.70. The molecule has 4 amide bonds. The number of carboxylic acid groups (broad SMARTS) is 1. The van der Waals surface area contributed by atoms with Crippen molar-refractivity contribution >= 4 is 18.0 Å². The maximum atomic E-state index is 12.7. The fourth-order valence-corrected chi connectivity index (χ4v) is 3.35. The second-order valence-electron chi connectivity index (χ2n) is 6.89. The number of carbonyl (C=O) groups is 3. The predicted molar refractivity (Wildman–Crippen MR) is 96.7 cm³/mol. The molecule has 3 N–H and O–H groups in total. The van der Waals surface area contributed by atoms with Crippen molar-refractivity contribution in [3.05, 3.63) is 35.9 Å². The lowest BCUT2D eigenvalue weighted by atomic mass is 10.0. The molecule has 2 bridgehead atoms. The highest BCUT2D eigenvalue weighted by Crippen LogP contribution is 2.30. The zero-order chi connectivity index (χ0) is 20.1. The van der Waals surface area contributed by atoms with Crippen LogP contribution in [0.15, 0.2) is 30.3 Å². The van der Waals surface area contributed by atoms with Gasteiger partial charge in [0.05, 0.1) is 18.7 Å². The lowest BCUT2D eigenvalue weighted by molar-refractivity contribution is -0.141. The Morgan fingerprint density at radius 1 is 1.29 bits per heavy atom. The van der Waals surface area contributed by atoms with E-state index in [4.69, 9.17) is 14.8 Å². The molecule has 0 radical (unpaired) electrons. The average Bonchev–Trinajstić information content (AvgIpc) is 2.90. The lowest BCUT2D eigenvalue weighted by Gasteiger charge is -2.29. The molecule has 10 heteroatoms. The van der Waals surface area contributed by atoms with E-state index in [0.717, 1.165) is 5.56 Å². The van der Waals surface area contributed by atoms with Gasteiger partial charge in [0, 0.05) is 6.54 Å². The molecule has 2 saturated heterocycles. The summed E-state index contributed by atoms with van der Waals surface area (Å²) in [4.78, 5) is 47.9. The minimum absolute atomic E-state index is 0.0202. The van der Waals surface area contributed by atoms with Gasteiger partial charge in [-0.15, -0.1) is 0 Å². The Morgan fingerprint density at radius 2 is 2.04 bits per heavy atom. The summed E-state index contributed by atoms with van der Waals surface area (Å²) in [5, 5.41) is 12.2. The van der Waals surface area contributed by atoms with Crippen molar-refractivity contribution in [1.29, 1.82) is 0 Å². The third-order valence-electron chi connectivity index (χ3n) is 4.71. The second-order valence-corrected chi connectivity index (χ2v) is 6.89. The molecule has 3 rings (SSSR count). The molecule has 0 aliphatic carbocycles. The molecule has 0 aromatic heterocycles. The first-order valence-corrected chi connectivity index (χ1v) is 9.13. The van der Waals surface area contributed by atoms with Crippen LogP contribution in [-0.4, -0.2) is 64.4 Å². The van der Waals surface area contributed by atoms with Crippen molar-refractivity contribution in [2.75, 3.05) is 13.2 Å². The lowest BCUT2D eigenvalue weighted by Crippen LogP contribution is -2.50. The third-order valence-corrected chi connectivity index (χ3v) is 4.71. The van der Waals surface area contributed by atoms with E-state index >= 15 is 0 Å². The van der Waals surface area contributed by atoms with E-state index in [1.807, 2.05) is 30.3 Å². The molecule has 3 atom stereocenters. The molecule has 0 saturated carbocycles. The number of piperidine rings is 1. The van der Waals surface area contributed by atoms with Gasteiger partial charge in [-0.05, 0) is 25.3 Å². The Balaban J connectivity index is 1.49. The average molecular weight is 392 g/mol. The number of rotatable bonds is 8. The topological polar surface area (TPSA) is 120 Å². The molecule has 2 aliphatic rings. The van der Waals surface area contributed by atoms with Gasteiger partial charge in [-0.2, -0.15) is 5.06 Å². The van der Waals surface area contributed by atoms with Crippen molar-refractivity contribution in [3.8, 4) is 0 Å². The molecule has 152 valence electrons. The van der Waals surface area contributed by atoms with Gasteiger partial charge in [-0.25, -0.2) is 15.1 Å². The van der Waals surface area contributed by atoms with Crippen molar-refractivity contribution in [1.82, 2.24) is 20.8 Å².